The predicted molar refractivity (Wildman–Crippen MR) is 111 cm³/mol. The van der Waals surface area contributed by atoms with Crippen molar-refractivity contribution in [2.24, 2.45) is 0 Å². The van der Waals surface area contributed by atoms with Crippen molar-refractivity contribution < 1.29 is 61.6 Å². The van der Waals surface area contributed by atoms with Gasteiger partial charge >= 0.3 is 41.5 Å². The zero-order valence-electron chi connectivity index (χ0n) is 19.0. The summed E-state index contributed by atoms with van der Waals surface area (Å²) in [5.74, 6) is -1.61. The van der Waals surface area contributed by atoms with Crippen molar-refractivity contribution in [3.63, 3.8) is 0 Å². The van der Waals surface area contributed by atoms with Crippen LogP contribution in [0.25, 0.3) is 0 Å². The zero-order valence-corrected chi connectivity index (χ0v) is 21.8. The fourth-order valence-corrected chi connectivity index (χ4v) is 3.37. The summed E-state index contributed by atoms with van der Waals surface area (Å²) in [5.41, 5.74) is 0. The van der Waals surface area contributed by atoms with Gasteiger partial charge in [0, 0.05) is 5.75 Å². The number of carbonyl (C=O) groups excluding carboxylic acids is 2. The third-order valence-electron chi connectivity index (χ3n) is 4.60. The molecule has 0 radical (unpaired) electrons. The van der Waals surface area contributed by atoms with E-state index in [1.165, 1.54) is 57.8 Å². The Morgan fingerprint density at radius 3 is 1.43 bits per heavy atom. The first-order valence-electron chi connectivity index (χ1n) is 11.1. The summed E-state index contributed by atoms with van der Waals surface area (Å²) < 4.78 is 41.0. The molecule has 0 aromatic carbocycles. The molecule has 0 heterocycles. The first-order chi connectivity index (χ1) is 13.8. The van der Waals surface area contributed by atoms with E-state index in [9.17, 15) is 22.6 Å². The molecule has 30 heavy (non-hydrogen) atoms. The van der Waals surface area contributed by atoms with E-state index in [4.69, 9.17) is 9.47 Å². The van der Waals surface area contributed by atoms with Gasteiger partial charge in [0.15, 0.2) is 0 Å². The van der Waals surface area contributed by atoms with Crippen LogP contribution in [0.2, 0.25) is 0 Å². The van der Waals surface area contributed by atoms with Gasteiger partial charge in [-0.05, 0) is 12.8 Å². The van der Waals surface area contributed by atoms with Crippen LogP contribution in [0.15, 0.2) is 0 Å². The minimum atomic E-state index is -4.29. The maximum absolute atomic E-state index is 11.6. The van der Waals surface area contributed by atoms with Crippen LogP contribution in [0.5, 0.6) is 0 Å². The SMILES string of the molecule is CCCCCCCCCCCCCCOC(=O)CCC(=O)OCCCS(=O)(=O)[O-].[Na+]. The van der Waals surface area contributed by atoms with Crippen LogP contribution >= 0.6 is 0 Å². The Morgan fingerprint density at radius 2 is 1.03 bits per heavy atom. The van der Waals surface area contributed by atoms with Crippen molar-refractivity contribution in [3.8, 4) is 0 Å². The van der Waals surface area contributed by atoms with Gasteiger partial charge in [0.05, 0.1) is 36.2 Å². The summed E-state index contributed by atoms with van der Waals surface area (Å²) in [6.07, 6.45) is 14.7. The Bertz CT molecular complexity index is 523. The number of ether oxygens (including phenoxy) is 2. The third kappa shape index (κ3) is 25.9. The minimum absolute atomic E-state index is 0. The van der Waals surface area contributed by atoms with Crippen LogP contribution in [-0.4, -0.2) is 43.9 Å². The first-order valence-corrected chi connectivity index (χ1v) is 12.7. The largest absolute Gasteiger partial charge is 1.00 e. The van der Waals surface area contributed by atoms with Crippen molar-refractivity contribution in [2.75, 3.05) is 19.0 Å². The second-order valence-corrected chi connectivity index (χ2v) is 8.97. The van der Waals surface area contributed by atoms with Crippen molar-refractivity contribution >= 4 is 22.1 Å². The zero-order chi connectivity index (χ0) is 21.8. The normalized spacial score (nSPS) is 11.0. The van der Waals surface area contributed by atoms with Crippen LogP contribution in [0, 0.1) is 0 Å². The molecule has 9 heteroatoms. The van der Waals surface area contributed by atoms with Gasteiger partial charge in [-0.25, -0.2) is 8.42 Å². The Hall–Kier alpha value is -0.150. The molecule has 172 valence electrons. The molecular formula is C21H39NaO7S. The summed E-state index contributed by atoms with van der Waals surface area (Å²) in [4.78, 5) is 23.0. The maximum Gasteiger partial charge on any atom is 1.00 e. The van der Waals surface area contributed by atoms with E-state index in [1.54, 1.807) is 0 Å². The molecule has 0 rings (SSSR count). The van der Waals surface area contributed by atoms with E-state index in [1.807, 2.05) is 0 Å². The van der Waals surface area contributed by atoms with Crippen molar-refractivity contribution in [1.82, 2.24) is 0 Å². The van der Waals surface area contributed by atoms with E-state index >= 15 is 0 Å². The first kappa shape index (κ1) is 32.0. The molecule has 0 saturated carbocycles. The molecule has 0 N–H and O–H groups in total. The average Bonchev–Trinajstić information content (AvgIpc) is 2.66. The summed E-state index contributed by atoms with van der Waals surface area (Å²) in [6, 6.07) is 0. The van der Waals surface area contributed by atoms with Gasteiger partial charge in [-0.1, -0.05) is 77.6 Å². The van der Waals surface area contributed by atoms with E-state index in [0.717, 1.165) is 19.3 Å². The Kier molecular flexibility index (Phi) is 23.6. The monoisotopic (exact) mass is 458 g/mol. The Balaban J connectivity index is 0. The fourth-order valence-electron chi connectivity index (χ4n) is 2.90. The number of hydrogen-bond donors (Lipinski definition) is 0. The van der Waals surface area contributed by atoms with Crippen LogP contribution in [0.3, 0.4) is 0 Å². The van der Waals surface area contributed by atoms with Crippen molar-refractivity contribution in [1.29, 1.82) is 0 Å². The summed E-state index contributed by atoms with van der Waals surface area (Å²) >= 11 is 0. The van der Waals surface area contributed by atoms with Gasteiger partial charge in [-0.15, -0.1) is 0 Å². The number of esters is 2. The summed E-state index contributed by atoms with van der Waals surface area (Å²) in [6.45, 7) is 2.46. The van der Waals surface area contributed by atoms with Crippen molar-refractivity contribution in [3.05, 3.63) is 0 Å². The van der Waals surface area contributed by atoms with Gasteiger partial charge < -0.3 is 14.0 Å². The standard InChI is InChI=1S/C21H40O7S.Na/c1-2-3-4-5-6-7-8-9-10-11-12-13-17-27-20(22)15-16-21(23)28-18-14-19-29(24,25)26;/h2-19H2,1H3,(H,24,25,26);/q;+1/p-1. The quantitative estimate of drug-likeness (QED) is 0.118. The van der Waals surface area contributed by atoms with E-state index in [-0.39, 0.29) is 55.4 Å². The molecule has 0 amide bonds. The van der Waals surface area contributed by atoms with Gasteiger partial charge in [0.1, 0.15) is 0 Å². The molecule has 0 aliphatic heterocycles. The maximum atomic E-state index is 11.6. The van der Waals surface area contributed by atoms with E-state index in [0.29, 0.717) is 6.61 Å². The van der Waals surface area contributed by atoms with E-state index < -0.39 is 27.8 Å². The van der Waals surface area contributed by atoms with Crippen LogP contribution in [0.1, 0.15) is 103 Å². The van der Waals surface area contributed by atoms with Gasteiger partial charge in [0.2, 0.25) is 0 Å². The average molecular weight is 459 g/mol. The molecule has 0 aliphatic rings. The second kappa shape index (κ2) is 22.1. The second-order valence-electron chi connectivity index (χ2n) is 7.45. The van der Waals surface area contributed by atoms with Crippen molar-refractivity contribution in [2.45, 2.75) is 103 Å². The number of unbranched alkanes of at least 4 members (excludes halogenated alkanes) is 11. The molecule has 0 aromatic heterocycles. The van der Waals surface area contributed by atoms with E-state index in [2.05, 4.69) is 6.92 Å². The van der Waals surface area contributed by atoms with Crippen LogP contribution < -0.4 is 29.6 Å². The predicted octanol–water partition coefficient (Wildman–Crippen LogP) is 1.49. The molecule has 0 saturated heterocycles. The fraction of sp³-hybridized carbons (Fsp3) is 0.905. The van der Waals surface area contributed by atoms with Gasteiger partial charge in [0.25, 0.3) is 0 Å². The minimum Gasteiger partial charge on any atom is -0.748 e. The molecule has 0 unspecified atom stereocenters. The topological polar surface area (TPSA) is 110 Å². The van der Waals surface area contributed by atoms with Gasteiger partial charge in [-0.3, -0.25) is 9.59 Å². The molecule has 0 bridgehead atoms. The molecule has 0 aliphatic carbocycles. The molecule has 0 spiro atoms. The molecular weight excluding hydrogens is 419 g/mol. The molecule has 0 atom stereocenters. The third-order valence-corrected chi connectivity index (χ3v) is 5.38. The van der Waals surface area contributed by atoms with Crippen LogP contribution in [0.4, 0.5) is 0 Å². The number of rotatable bonds is 20. The summed E-state index contributed by atoms with van der Waals surface area (Å²) in [7, 11) is -4.29. The molecule has 7 nitrogen and oxygen atoms in total. The molecule has 0 aromatic rings. The van der Waals surface area contributed by atoms with Crippen LogP contribution in [-0.2, 0) is 29.2 Å². The number of carbonyl (C=O) groups is 2. The number of hydrogen-bond acceptors (Lipinski definition) is 7. The molecule has 0 fully saturated rings. The summed E-state index contributed by atoms with van der Waals surface area (Å²) in [5, 5.41) is 0. The Morgan fingerprint density at radius 1 is 0.667 bits per heavy atom. The van der Waals surface area contributed by atoms with Gasteiger partial charge in [-0.2, -0.15) is 0 Å². The Labute approximate surface area is 205 Å². The smallest absolute Gasteiger partial charge is 0.748 e.